The lowest BCUT2D eigenvalue weighted by Crippen LogP contribution is -2.10. The molecule has 0 N–H and O–H groups in total. The van der Waals surface area contributed by atoms with Crippen LogP contribution in [-0.2, 0) is 19.1 Å². The third-order valence-electron chi connectivity index (χ3n) is 1.92. The van der Waals surface area contributed by atoms with Gasteiger partial charge in [0.1, 0.15) is 13.2 Å². The summed E-state index contributed by atoms with van der Waals surface area (Å²) in [6.07, 6.45) is 9.23. The van der Waals surface area contributed by atoms with Crippen molar-refractivity contribution in [3.05, 3.63) is 38.0 Å². The van der Waals surface area contributed by atoms with Crippen molar-refractivity contribution in [2.24, 2.45) is 0 Å². The lowest BCUT2D eigenvalue weighted by atomic mass is 10.2. The standard InChI is InChI=1S/C8H10O4.C7H14/c1-3-7(9)11-5-6-12-8(10)4-2;1-3-5-7-6-4-2/h3-4H,1-2,5-6H2;3H,1,4-7H2,2H3. The number of hydrogen-bond donors (Lipinski definition) is 0. The van der Waals surface area contributed by atoms with Gasteiger partial charge in [-0.1, -0.05) is 39.0 Å². The van der Waals surface area contributed by atoms with Crippen LogP contribution in [0.2, 0.25) is 0 Å². The number of esters is 2. The summed E-state index contributed by atoms with van der Waals surface area (Å²) in [7, 11) is 0. The first-order valence-electron chi connectivity index (χ1n) is 6.31. The maximum Gasteiger partial charge on any atom is 0.330 e. The van der Waals surface area contributed by atoms with Gasteiger partial charge in [-0.15, -0.1) is 6.58 Å². The van der Waals surface area contributed by atoms with E-state index in [1.165, 1.54) is 25.7 Å². The summed E-state index contributed by atoms with van der Waals surface area (Å²) in [6.45, 7) is 12.3. The summed E-state index contributed by atoms with van der Waals surface area (Å²) in [4.78, 5) is 20.9. The van der Waals surface area contributed by atoms with Crippen LogP contribution in [0.25, 0.3) is 0 Å². The van der Waals surface area contributed by atoms with Crippen molar-refractivity contribution in [1.82, 2.24) is 0 Å². The minimum atomic E-state index is -0.537. The zero-order chi connectivity index (χ0) is 14.9. The van der Waals surface area contributed by atoms with Gasteiger partial charge in [0.15, 0.2) is 0 Å². The molecule has 0 aliphatic carbocycles. The van der Waals surface area contributed by atoms with E-state index in [1.54, 1.807) is 0 Å². The average molecular weight is 268 g/mol. The second-order valence-electron chi connectivity index (χ2n) is 3.53. The molecule has 0 aromatic rings. The molecule has 0 amide bonds. The Morgan fingerprint density at radius 1 is 0.947 bits per heavy atom. The highest BCUT2D eigenvalue weighted by Crippen LogP contribution is 1.97. The van der Waals surface area contributed by atoms with E-state index >= 15 is 0 Å². The zero-order valence-electron chi connectivity index (χ0n) is 11.7. The molecule has 4 heteroatoms. The minimum absolute atomic E-state index is 0.0322. The van der Waals surface area contributed by atoms with Crippen molar-refractivity contribution in [2.75, 3.05) is 13.2 Å². The first-order valence-corrected chi connectivity index (χ1v) is 6.31. The van der Waals surface area contributed by atoms with Crippen molar-refractivity contribution in [1.29, 1.82) is 0 Å². The Morgan fingerprint density at radius 3 is 1.74 bits per heavy atom. The molecule has 0 spiro atoms. The third-order valence-corrected chi connectivity index (χ3v) is 1.92. The summed E-state index contributed by atoms with van der Waals surface area (Å²) in [5.41, 5.74) is 0. The number of carbonyl (C=O) groups excluding carboxylic acids is 2. The second kappa shape index (κ2) is 16.2. The van der Waals surface area contributed by atoms with E-state index in [1.807, 2.05) is 6.08 Å². The molecule has 19 heavy (non-hydrogen) atoms. The van der Waals surface area contributed by atoms with Crippen LogP contribution < -0.4 is 0 Å². The number of carbonyl (C=O) groups is 2. The fourth-order valence-corrected chi connectivity index (χ4v) is 0.941. The SMILES string of the molecule is C=CC(=O)OCCOC(=O)C=C.C=CCCCCC. The van der Waals surface area contributed by atoms with Gasteiger partial charge in [-0.25, -0.2) is 9.59 Å². The van der Waals surface area contributed by atoms with E-state index in [0.717, 1.165) is 12.2 Å². The van der Waals surface area contributed by atoms with Crippen LogP contribution in [0, 0.1) is 0 Å². The molecule has 0 aliphatic rings. The van der Waals surface area contributed by atoms with Crippen molar-refractivity contribution in [3.63, 3.8) is 0 Å². The molecule has 0 unspecified atom stereocenters. The molecule has 4 nitrogen and oxygen atoms in total. The summed E-state index contributed by atoms with van der Waals surface area (Å²) >= 11 is 0. The smallest absolute Gasteiger partial charge is 0.330 e. The molecule has 0 saturated heterocycles. The first-order chi connectivity index (χ1) is 9.12. The Balaban J connectivity index is 0. The Morgan fingerprint density at radius 2 is 1.42 bits per heavy atom. The van der Waals surface area contributed by atoms with Crippen molar-refractivity contribution in [2.45, 2.75) is 32.6 Å². The Kier molecular flexibility index (Phi) is 16.6. The van der Waals surface area contributed by atoms with Crippen LogP contribution >= 0.6 is 0 Å². The highest BCUT2D eigenvalue weighted by atomic mass is 16.6. The maximum absolute atomic E-state index is 10.4. The molecular weight excluding hydrogens is 244 g/mol. The molecule has 0 fully saturated rings. The first kappa shape index (κ1) is 19.5. The molecule has 0 aromatic carbocycles. The van der Waals surface area contributed by atoms with Gasteiger partial charge >= 0.3 is 11.9 Å². The van der Waals surface area contributed by atoms with E-state index in [-0.39, 0.29) is 13.2 Å². The lowest BCUT2D eigenvalue weighted by Gasteiger charge is -2.01. The lowest BCUT2D eigenvalue weighted by molar-refractivity contribution is -0.146. The van der Waals surface area contributed by atoms with Crippen LogP contribution in [0.3, 0.4) is 0 Å². The topological polar surface area (TPSA) is 52.6 Å². The fraction of sp³-hybridized carbons (Fsp3) is 0.467. The third kappa shape index (κ3) is 18.7. The summed E-state index contributed by atoms with van der Waals surface area (Å²) in [6, 6.07) is 0. The van der Waals surface area contributed by atoms with E-state index < -0.39 is 11.9 Å². The zero-order valence-corrected chi connectivity index (χ0v) is 11.7. The van der Waals surface area contributed by atoms with Gasteiger partial charge in [0.05, 0.1) is 0 Å². The van der Waals surface area contributed by atoms with Crippen LogP contribution in [0.15, 0.2) is 38.0 Å². The normalized spacial score (nSPS) is 8.47. The number of unbranched alkanes of at least 4 members (excludes halogenated alkanes) is 3. The Labute approximate surface area is 115 Å². The van der Waals surface area contributed by atoms with Crippen LogP contribution in [0.1, 0.15) is 32.6 Å². The molecule has 0 radical (unpaired) electrons. The molecule has 0 heterocycles. The number of rotatable bonds is 9. The average Bonchev–Trinajstić information content (AvgIpc) is 2.44. The van der Waals surface area contributed by atoms with Gasteiger partial charge in [-0.05, 0) is 12.8 Å². The molecule has 0 rings (SSSR count). The predicted molar refractivity (Wildman–Crippen MR) is 76.7 cm³/mol. The molecule has 0 atom stereocenters. The Hall–Kier alpha value is -1.84. The minimum Gasteiger partial charge on any atom is -0.459 e. The maximum atomic E-state index is 10.4. The summed E-state index contributed by atoms with van der Waals surface area (Å²) < 4.78 is 9.04. The second-order valence-corrected chi connectivity index (χ2v) is 3.53. The van der Waals surface area contributed by atoms with E-state index in [9.17, 15) is 9.59 Å². The van der Waals surface area contributed by atoms with E-state index in [0.29, 0.717) is 0 Å². The molecule has 0 bridgehead atoms. The largest absolute Gasteiger partial charge is 0.459 e. The van der Waals surface area contributed by atoms with Crippen molar-refractivity contribution >= 4 is 11.9 Å². The summed E-state index contributed by atoms with van der Waals surface area (Å²) in [5, 5.41) is 0. The summed E-state index contributed by atoms with van der Waals surface area (Å²) in [5.74, 6) is -1.07. The molecule has 108 valence electrons. The van der Waals surface area contributed by atoms with Gasteiger partial charge < -0.3 is 9.47 Å². The van der Waals surface area contributed by atoms with Gasteiger partial charge in [0.25, 0.3) is 0 Å². The highest BCUT2D eigenvalue weighted by Gasteiger charge is 1.97. The van der Waals surface area contributed by atoms with Gasteiger partial charge in [-0.2, -0.15) is 0 Å². The number of allylic oxidation sites excluding steroid dienone is 1. The quantitative estimate of drug-likeness (QED) is 0.279. The molecule has 0 saturated carbocycles. The van der Waals surface area contributed by atoms with Crippen molar-refractivity contribution in [3.8, 4) is 0 Å². The van der Waals surface area contributed by atoms with Gasteiger partial charge in [0.2, 0.25) is 0 Å². The Bertz CT molecular complexity index is 260. The van der Waals surface area contributed by atoms with Gasteiger partial charge in [-0.3, -0.25) is 0 Å². The predicted octanol–water partition coefficient (Wildman–Crippen LogP) is 3.20. The van der Waals surface area contributed by atoms with E-state index in [2.05, 4.69) is 36.1 Å². The van der Waals surface area contributed by atoms with Crippen LogP contribution in [-0.4, -0.2) is 25.2 Å². The number of hydrogen-bond acceptors (Lipinski definition) is 4. The molecular formula is C15H24O4. The monoisotopic (exact) mass is 268 g/mol. The highest BCUT2D eigenvalue weighted by molar-refractivity contribution is 5.81. The fourth-order valence-electron chi connectivity index (χ4n) is 0.941. The van der Waals surface area contributed by atoms with E-state index in [4.69, 9.17) is 0 Å². The molecule has 0 aromatic heterocycles. The van der Waals surface area contributed by atoms with Gasteiger partial charge in [0, 0.05) is 12.2 Å². The molecule has 0 aliphatic heterocycles. The van der Waals surface area contributed by atoms with Crippen molar-refractivity contribution < 1.29 is 19.1 Å². The van der Waals surface area contributed by atoms with Crippen LogP contribution in [0.4, 0.5) is 0 Å². The van der Waals surface area contributed by atoms with Crippen LogP contribution in [0.5, 0.6) is 0 Å². The number of ether oxygens (including phenoxy) is 2.